The van der Waals surface area contributed by atoms with Crippen LogP contribution in [0.1, 0.15) is 28.1 Å². The molecular weight excluding hydrogens is 362 g/mol. The zero-order valence-electron chi connectivity index (χ0n) is 15.2. The second-order valence-corrected chi connectivity index (χ2v) is 7.55. The molecule has 1 aliphatic rings. The van der Waals surface area contributed by atoms with Crippen molar-refractivity contribution in [2.24, 2.45) is 5.92 Å². The summed E-state index contributed by atoms with van der Waals surface area (Å²) in [5.74, 6) is -0.337. The molecule has 1 unspecified atom stereocenters. The summed E-state index contributed by atoms with van der Waals surface area (Å²) in [6, 6.07) is 10.9. The van der Waals surface area contributed by atoms with E-state index in [0.717, 1.165) is 18.4 Å². The third-order valence-corrected chi connectivity index (χ3v) is 5.53. The summed E-state index contributed by atoms with van der Waals surface area (Å²) in [4.78, 5) is 39.0. The molecule has 0 bridgehead atoms. The predicted octanol–water partition coefficient (Wildman–Crippen LogP) is 2.53. The van der Waals surface area contributed by atoms with E-state index in [1.54, 1.807) is 24.1 Å². The van der Waals surface area contributed by atoms with Gasteiger partial charge < -0.3 is 15.5 Å². The molecule has 2 heterocycles. The Morgan fingerprint density at radius 1 is 1.19 bits per heavy atom. The molecule has 1 aliphatic heterocycles. The molecule has 0 spiro atoms. The van der Waals surface area contributed by atoms with Crippen LogP contribution < -0.4 is 10.6 Å². The van der Waals surface area contributed by atoms with Crippen LogP contribution in [0.5, 0.6) is 0 Å². The fourth-order valence-electron chi connectivity index (χ4n) is 3.16. The van der Waals surface area contributed by atoms with Gasteiger partial charge in [0.2, 0.25) is 11.8 Å². The molecule has 1 atom stereocenters. The van der Waals surface area contributed by atoms with E-state index in [1.165, 1.54) is 11.3 Å². The highest BCUT2D eigenvalue weighted by Crippen LogP contribution is 2.22. The number of carbonyl (C=O) groups excluding carboxylic acids is 3. The Morgan fingerprint density at radius 3 is 2.63 bits per heavy atom. The van der Waals surface area contributed by atoms with Crippen LogP contribution in [0.4, 0.5) is 5.69 Å². The van der Waals surface area contributed by atoms with Crippen molar-refractivity contribution in [2.75, 3.05) is 25.5 Å². The van der Waals surface area contributed by atoms with Crippen molar-refractivity contribution in [1.29, 1.82) is 0 Å². The number of likely N-dealkylation sites (tertiary alicyclic amines) is 1. The number of nitrogens with one attached hydrogen (secondary N) is 2. The van der Waals surface area contributed by atoms with Gasteiger partial charge in [-0.3, -0.25) is 14.4 Å². The lowest BCUT2D eigenvalue weighted by molar-refractivity contribution is -0.121. The Morgan fingerprint density at radius 2 is 1.96 bits per heavy atom. The van der Waals surface area contributed by atoms with E-state index < -0.39 is 0 Å². The summed E-state index contributed by atoms with van der Waals surface area (Å²) >= 11 is 1.42. The summed E-state index contributed by atoms with van der Waals surface area (Å²) in [7, 11) is 1.60. The molecule has 0 saturated carbocycles. The van der Waals surface area contributed by atoms with Gasteiger partial charge >= 0.3 is 0 Å². The number of carbonyl (C=O) groups is 3. The number of anilines is 1. The molecule has 2 N–H and O–H groups in total. The van der Waals surface area contributed by atoms with Crippen LogP contribution >= 0.6 is 11.3 Å². The van der Waals surface area contributed by atoms with Gasteiger partial charge in [-0.05, 0) is 42.0 Å². The SMILES string of the molecule is CNC(=O)Cc1ccc(NC(=O)C2CCCN(C(=O)c3cccs3)C2)cc1. The van der Waals surface area contributed by atoms with Gasteiger partial charge in [-0.25, -0.2) is 0 Å². The van der Waals surface area contributed by atoms with E-state index in [-0.39, 0.29) is 23.6 Å². The maximum atomic E-state index is 12.6. The Kier molecular flexibility index (Phi) is 6.24. The summed E-state index contributed by atoms with van der Waals surface area (Å²) in [6.45, 7) is 1.13. The minimum absolute atomic E-state index is 0.000976. The smallest absolute Gasteiger partial charge is 0.263 e. The van der Waals surface area contributed by atoms with Crippen LogP contribution in [0.3, 0.4) is 0 Å². The average molecular weight is 385 g/mol. The molecule has 1 fully saturated rings. The van der Waals surface area contributed by atoms with E-state index in [1.807, 2.05) is 29.6 Å². The van der Waals surface area contributed by atoms with E-state index >= 15 is 0 Å². The zero-order valence-corrected chi connectivity index (χ0v) is 16.1. The molecule has 1 aromatic carbocycles. The van der Waals surface area contributed by atoms with Crippen molar-refractivity contribution in [1.82, 2.24) is 10.2 Å². The van der Waals surface area contributed by atoms with Crippen LogP contribution in [-0.4, -0.2) is 42.8 Å². The fourth-order valence-corrected chi connectivity index (χ4v) is 3.85. The van der Waals surface area contributed by atoms with Gasteiger partial charge in [0.1, 0.15) is 0 Å². The fraction of sp³-hybridized carbons (Fsp3) is 0.350. The van der Waals surface area contributed by atoms with Crippen molar-refractivity contribution in [3.8, 4) is 0 Å². The van der Waals surface area contributed by atoms with Gasteiger partial charge in [0, 0.05) is 25.8 Å². The number of rotatable bonds is 5. The number of thiophene rings is 1. The predicted molar refractivity (Wildman–Crippen MR) is 106 cm³/mol. The molecule has 1 saturated heterocycles. The lowest BCUT2D eigenvalue weighted by Crippen LogP contribution is -2.43. The lowest BCUT2D eigenvalue weighted by Gasteiger charge is -2.31. The normalized spacial score (nSPS) is 16.6. The van der Waals surface area contributed by atoms with Gasteiger partial charge in [0.25, 0.3) is 5.91 Å². The summed E-state index contributed by atoms with van der Waals surface area (Å²) in [6.07, 6.45) is 1.90. The van der Waals surface area contributed by atoms with Crippen molar-refractivity contribution < 1.29 is 14.4 Å². The number of hydrogen-bond acceptors (Lipinski definition) is 4. The van der Waals surface area contributed by atoms with Crippen LogP contribution in [0.25, 0.3) is 0 Å². The Balaban J connectivity index is 1.57. The zero-order chi connectivity index (χ0) is 19.2. The largest absolute Gasteiger partial charge is 0.359 e. The highest BCUT2D eigenvalue weighted by Gasteiger charge is 2.29. The summed E-state index contributed by atoms with van der Waals surface area (Å²) in [5, 5.41) is 7.40. The van der Waals surface area contributed by atoms with Gasteiger partial charge in [-0.15, -0.1) is 11.3 Å². The molecule has 3 rings (SSSR count). The first-order chi connectivity index (χ1) is 13.1. The molecule has 3 amide bonds. The van der Waals surface area contributed by atoms with Crippen LogP contribution in [0.2, 0.25) is 0 Å². The summed E-state index contributed by atoms with van der Waals surface area (Å²) in [5.41, 5.74) is 1.58. The van der Waals surface area contributed by atoms with E-state index in [9.17, 15) is 14.4 Å². The van der Waals surface area contributed by atoms with Gasteiger partial charge in [-0.2, -0.15) is 0 Å². The number of nitrogens with zero attached hydrogens (tertiary/aromatic N) is 1. The van der Waals surface area contributed by atoms with Crippen molar-refractivity contribution in [2.45, 2.75) is 19.3 Å². The van der Waals surface area contributed by atoms with Crippen molar-refractivity contribution >= 4 is 34.7 Å². The van der Waals surface area contributed by atoms with Gasteiger partial charge in [-0.1, -0.05) is 18.2 Å². The average Bonchev–Trinajstić information content (AvgIpc) is 3.23. The number of piperidine rings is 1. The van der Waals surface area contributed by atoms with E-state index in [2.05, 4.69) is 10.6 Å². The van der Waals surface area contributed by atoms with E-state index in [0.29, 0.717) is 30.1 Å². The topological polar surface area (TPSA) is 78.5 Å². The summed E-state index contributed by atoms with van der Waals surface area (Å²) < 4.78 is 0. The number of hydrogen-bond donors (Lipinski definition) is 2. The molecule has 2 aromatic rings. The first kappa shape index (κ1) is 19.1. The molecule has 0 radical (unpaired) electrons. The first-order valence-electron chi connectivity index (χ1n) is 9.00. The molecule has 0 aliphatic carbocycles. The van der Waals surface area contributed by atoms with Crippen LogP contribution in [0, 0.1) is 5.92 Å². The monoisotopic (exact) mass is 385 g/mol. The third kappa shape index (κ3) is 4.95. The number of likely N-dealkylation sites (N-methyl/N-ethyl adjacent to an activating group) is 1. The second-order valence-electron chi connectivity index (χ2n) is 6.60. The van der Waals surface area contributed by atoms with Gasteiger partial charge in [0.05, 0.1) is 17.2 Å². The van der Waals surface area contributed by atoms with Crippen molar-refractivity contribution in [3.63, 3.8) is 0 Å². The molecule has 7 heteroatoms. The Hall–Kier alpha value is -2.67. The number of amides is 3. The minimum Gasteiger partial charge on any atom is -0.359 e. The Bertz CT molecular complexity index is 802. The van der Waals surface area contributed by atoms with Gasteiger partial charge in [0.15, 0.2) is 0 Å². The molecular formula is C20H23N3O3S. The second kappa shape index (κ2) is 8.81. The number of benzene rings is 1. The maximum Gasteiger partial charge on any atom is 0.263 e. The quantitative estimate of drug-likeness (QED) is 0.830. The lowest BCUT2D eigenvalue weighted by atomic mass is 9.96. The third-order valence-electron chi connectivity index (χ3n) is 4.68. The highest BCUT2D eigenvalue weighted by molar-refractivity contribution is 7.12. The molecule has 142 valence electrons. The van der Waals surface area contributed by atoms with Crippen LogP contribution in [-0.2, 0) is 16.0 Å². The maximum absolute atomic E-state index is 12.6. The van der Waals surface area contributed by atoms with Crippen molar-refractivity contribution in [3.05, 3.63) is 52.2 Å². The highest BCUT2D eigenvalue weighted by atomic mass is 32.1. The molecule has 6 nitrogen and oxygen atoms in total. The molecule has 27 heavy (non-hydrogen) atoms. The minimum atomic E-state index is -0.215. The standard InChI is InChI=1S/C20H23N3O3S/c1-21-18(24)12-14-6-8-16(9-7-14)22-19(25)15-4-2-10-23(13-15)20(26)17-5-3-11-27-17/h3,5-9,11,15H,2,4,10,12-13H2,1H3,(H,21,24)(H,22,25). The van der Waals surface area contributed by atoms with E-state index in [4.69, 9.17) is 0 Å². The Labute approximate surface area is 162 Å². The molecule has 1 aromatic heterocycles. The van der Waals surface area contributed by atoms with Crippen LogP contribution in [0.15, 0.2) is 41.8 Å². The first-order valence-corrected chi connectivity index (χ1v) is 9.88.